The van der Waals surface area contributed by atoms with Gasteiger partial charge in [-0.2, -0.15) is 0 Å². The maximum absolute atomic E-state index is 10.9. The highest BCUT2D eigenvalue weighted by Crippen LogP contribution is 2.28. The Labute approximate surface area is 98.4 Å². The summed E-state index contributed by atoms with van der Waals surface area (Å²) in [5, 5.41) is 0.463. The minimum Gasteiger partial charge on any atom is -0.496 e. The largest absolute Gasteiger partial charge is 0.496 e. The first-order valence-electron chi connectivity index (χ1n) is 4.09. The van der Waals surface area contributed by atoms with Crippen LogP contribution in [0.5, 0.6) is 5.75 Å². The van der Waals surface area contributed by atoms with Crippen molar-refractivity contribution in [2.24, 2.45) is 0 Å². The SMILES string of the molecule is COc1cc(CS(=O)(=O)Cl)cc(Cl)c1C. The third kappa shape index (κ3) is 3.55. The Morgan fingerprint density at radius 3 is 2.47 bits per heavy atom. The summed E-state index contributed by atoms with van der Waals surface area (Å²) in [7, 11) is 3.07. The van der Waals surface area contributed by atoms with Crippen molar-refractivity contribution in [3.8, 4) is 5.75 Å². The predicted octanol–water partition coefficient (Wildman–Crippen LogP) is 2.73. The van der Waals surface area contributed by atoms with Crippen LogP contribution in [0.2, 0.25) is 5.02 Å². The van der Waals surface area contributed by atoms with Crippen molar-refractivity contribution in [3.63, 3.8) is 0 Å². The van der Waals surface area contributed by atoms with Crippen LogP contribution in [0.3, 0.4) is 0 Å². The van der Waals surface area contributed by atoms with Gasteiger partial charge in [-0.25, -0.2) is 8.42 Å². The molecule has 0 unspecified atom stereocenters. The molecule has 0 heterocycles. The van der Waals surface area contributed by atoms with Crippen LogP contribution in [-0.2, 0) is 14.8 Å². The number of halogens is 2. The summed E-state index contributed by atoms with van der Waals surface area (Å²) in [6.45, 7) is 1.79. The highest BCUT2D eigenvalue weighted by atomic mass is 35.7. The average molecular weight is 269 g/mol. The van der Waals surface area contributed by atoms with E-state index in [0.717, 1.165) is 5.56 Å². The lowest BCUT2D eigenvalue weighted by Crippen LogP contribution is -1.97. The molecule has 0 spiro atoms. The van der Waals surface area contributed by atoms with Crippen molar-refractivity contribution in [1.29, 1.82) is 0 Å². The fraction of sp³-hybridized carbons (Fsp3) is 0.333. The van der Waals surface area contributed by atoms with Crippen molar-refractivity contribution in [2.75, 3.05) is 7.11 Å². The molecule has 84 valence electrons. The summed E-state index contributed by atoms with van der Waals surface area (Å²) >= 11 is 5.91. The van der Waals surface area contributed by atoms with Crippen molar-refractivity contribution < 1.29 is 13.2 Å². The molecular formula is C9H10Cl2O3S. The molecule has 0 fully saturated rings. The van der Waals surface area contributed by atoms with E-state index in [0.29, 0.717) is 16.3 Å². The molecule has 0 aromatic heterocycles. The van der Waals surface area contributed by atoms with Gasteiger partial charge in [-0.05, 0) is 24.6 Å². The molecule has 1 rings (SSSR count). The second-order valence-corrected chi connectivity index (χ2v) is 6.27. The topological polar surface area (TPSA) is 43.4 Å². The molecule has 15 heavy (non-hydrogen) atoms. The molecule has 3 nitrogen and oxygen atoms in total. The van der Waals surface area contributed by atoms with Crippen LogP contribution in [0.25, 0.3) is 0 Å². The first-order chi connectivity index (χ1) is 6.83. The van der Waals surface area contributed by atoms with E-state index in [1.165, 1.54) is 7.11 Å². The van der Waals surface area contributed by atoms with Gasteiger partial charge in [0, 0.05) is 21.3 Å². The second-order valence-electron chi connectivity index (χ2n) is 3.09. The van der Waals surface area contributed by atoms with Gasteiger partial charge >= 0.3 is 0 Å². The number of ether oxygens (including phenoxy) is 1. The molecule has 0 aliphatic heterocycles. The van der Waals surface area contributed by atoms with E-state index in [9.17, 15) is 8.42 Å². The predicted molar refractivity (Wildman–Crippen MR) is 61.2 cm³/mol. The normalized spacial score (nSPS) is 11.5. The number of hydrogen-bond donors (Lipinski definition) is 0. The van der Waals surface area contributed by atoms with E-state index < -0.39 is 9.05 Å². The van der Waals surface area contributed by atoms with Gasteiger partial charge < -0.3 is 4.74 Å². The van der Waals surface area contributed by atoms with Crippen LogP contribution in [0.1, 0.15) is 11.1 Å². The summed E-state index contributed by atoms with van der Waals surface area (Å²) in [4.78, 5) is 0. The maximum Gasteiger partial charge on any atom is 0.236 e. The summed E-state index contributed by atoms with van der Waals surface area (Å²) < 4.78 is 26.8. The number of methoxy groups -OCH3 is 1. The summed E-state index contributed by atoms with van der Waals surface area (Å²) in [5.74, 6) is 0.295. The molecule has 0 aliphatic rings. The molecule has 0 amide bonds. The van der Waals surface area contributed by atoms with Crippen LogP contribution in [0.4, 0.5) is 0 Å². The fourth-order valence-corrected chi connectivity index (χ4v) is 2.38. The highest BCUT2D eigenvalue weighted by Gasteiger charge is 2.11. The van der Waals surface area contributed by atoms with Crippen molar-refractivity contribution in [2.45, 2.75) is 12.7 Å². The smallest absolute Gasteiger partial charge is 0.236 e. The molecule has 0 aliphatic carbocycles. The first-order valence-corrected chi connectivity index (χ1v) is 6.94. The van der Waals surface area contributed by atoms with E-state index in [2.05, 4.69) is 0 Å². The fourth-order valence-electron chi connectivity index (χ4n) is 1.20. The van der Waals surface area contributed by atoms with E-state index in [4.69, 9.17) is 27.0 Å². The minimum absolute atomic E-state index is 0.259. The number of benzene rings is 1. The quantitative estimate of drug-likeness (QED) is 0.792. The molecule has 0 N–H and O–H groups in total. The maximum atomic E-state index is 10.9. The van der Waals surface area contributed by atoms with Gasteiger partial charge in [0.15, 0.2) is 0 Å². The van der Waals surface area contributed by atoms with Crippen LogP contribution in [0, 0.1) is 6.92 Å². The Morgan fingerprint density at radius 2 is 2.00 bits per heavy atom. The van der Waals surface area contributed by atoms with Crippen LogP contribution in [-0.4, -0.2) is 15.5 Å². The third-order valence-electron chi connectivity index (χ3n) is 1.92. The monoisotopic (exact) mass is 268 g/mol. The van der Waals surface area contributed by atoms with Gasteiger partial charge in [0.05, 0.1) is 12.9 Å². The second kappa shape index (κ2) is 4.60. The molecule has 1 aromatic carbocycles. The summed E-state index contributed by atoms with van der Waals surface area (Å²) in [5.41, 5.74) is 1.28. The molecule has 0 saturated heterocycles. The number of rotatable bonds is 3. The third-order valence-corrected chi connectivity index (χ3v) is 3.31. The lowest BCUT2D eigenvalue weighted by Gasteiger charge is -2.08. The zero-order valence-electron chi connectivity index (χ0n) is 8.25. The van der Waals surface area contributed by atoms with Gasteiger partial charge in [0.25, 0.3) is 0 Å². The van der Waals surface area contributed by atoms with E-state index in [1.807, 2.05) is 0 Å². The zero-order chi connectivity index (χ0) is 11.6. The van der Waals surface area contributed by atoms with Crippen molar-refractivity contribution >= 4 is 31.3 Å². The molecule has 0 saturated carbocycles. The van der Waals surface area contributed by atoms with Gasteiger partial charge in [-0.15, -0.1) is 0 Å². The van der Waals surface area contributed by atoms with Crippen LogP contribution < -0.4 is 4.74 Å². The summed E-state index contributed by atoms with van der Waals surface area (Å²) in [6, 6.07) is 3.18. The standard InChI is InChI=1S/C9H10Cl2O3S/c1-6-8(10)3-7(4-9(6)14-2)5-15(11,12)13/h3-4H,5H2,1-2H3. The Morgan fingerprint density at radius 1 is 1.40 bits per heavy atom. The average Bonchev–Trinajstić information content (AvgIpc) is 2.08. The lowest BCUT2D eigenvalue weighted by atomic mass is 10.1. The Kier molecular flexibility index (Phi) is 3.87. The minimum atomic E-state index is -3.57. The van der Waals surface area contributed by atoms with Crippen molar-refractivity contribution in [3.05, 3.63) is 28.3 Å². The Hall–Kier alpha value is -0.450. The Bertz CT molecular complexity index is 468. The molecule has 1 aromatic rings. The molecule has 6 heteroatoms. The van der Waals surface area contributed by atoms with Gasteiger partial charge in [-0.3, -0.25) is 0 Å². The highest BCUT2D eigenvalue weighted by molar-refractivity contribution is 8.13. The van der Waals surface area contributed by atoms with Gasteiger partial charge in [0.2, 0.25) is 9.05 Å². The lowest BCUT2D eigenvalue weighted by molar-refractivity contribution is 0.411. The van der Waals surface area contributed by atoms with E-state index in [1.54, 1.807) is 19.1 Å². The van der Waals surface area contributed by atoms with Crippen LogP contribution >= 0.6 is 22.3 Å². The summed E-state index contributed by atoms with van der Waals surface area (Å²) in [6.07, 6.45) is 0. The Balaban J connectivity index is 3.17. The molecule has 0 radical (unpaired) electrons. The molecular weight excluding hydrogens is 259 g/mol. The zero-order valence-corrected chi connectivity index (χ0v) is 10.6. The van der Waals surface area contributed by atoms with Crippen LogP contribution in [0.15, 0.2) is 12.1 Å². The van der Waals surface area contributed by atoms with E-state index >= 15 is 0 Å². The van der Waals surface area contributed by atoms with Gasteiger partial charge in [-0.1, -0.05) is 11.6 Å². The number of hydrogen-bond acceptors (Lipinski definition) is 3. The van der Waals surface area contributed by atoms with Gasteiger partial charge in [0.1, 0.15) is 5.75 Å². The van der Waals surface area contributed by atoms with E-state index in [-0.39, 0.29) is 5.75 Å². The first kappa shape index (κ1) is 12.6. The van der Waals surface area contributed by atoms with Crippen molar-refractivity contribution in [1.82, 2.24) is 0 Å². The molecule has 0 bridgehead atoms. The molecule has 0 atom stereocenters.